The number of hydrogen-bond acceptors (Lipinski definition) is 6. The van der Waals surface area contributed by atoms with Gasteiger partial charge in [0.1, 0.15) is 5.75 Å². The maximum atomic E-state index is 13.5. The largest absolute Gasteiger partial charge is 0.493 e. The molecule has 0 aromatic heterocycles. The molecule has 0 aliphatic carbocycles. The predicted octanol–water partition coefficient (Wildman–Crippen LogP) is 4.18. The molecule has 0 unspecified atom stereocenters. The molecule has 3 aromatic carbocycles. The number of methoxy groups -OCH3 is 2. The van der Waals surface area contributed by atoms with Crippen LogP contribution in [-0.4, -0.2) is 44.0 Å². The van der Waals surface area contributed by atoms with Crippen molar-refractivity contribution in [2.24, 2.45) is 4.99 Å². The van der Waals surface area contributed by atoms with Crippen molar-refractivity contribution in [2.45, 2.75) is 17.9 Å². The van der Waals surface area contributed by atoms with Gasteiger partial charge in [0, 0.05) is 22.6 Å². The Morgan fingerprint density at radius 2 is 1.33 bits per heavy atom. The number of esters is 2. The fourth-order valence-electron chi connectivity index (χ4n) is 4.29. The zero-order chi connectivity index (χ0) is 23.3. The fraction of sp³-hybridized carbons (Fsp3) is 0.222. The molecule has 6 heteroatoms. The van der Waals surface area contributed by atoms with Gasteiger partial charge in [-0.3, -0.25) is 4.99 Å². The summed E-state index contributed by atoms with van der Waals surface area (Å²) < 4.78 is 16.2. The van der Waals surface area contributed by atoms with Crippen LogP contribution >= 0.6 is 0 Å². The Labute approximate surface area is 192 Å². The number of ether oxygens (including phenoxy) is 3. The van der Waals surface area contributed by atoms with E-state index in [4.69, 9.17) is 19.2 Å². The van der Waals surface area contributed by atoms with Gasteiger partial charge in [-0.2, -0.15) is 0 Å². The molecule has 168 valence electrons. The summed E-state index contributed by atoms with van der Waals surface area (Å²) in [5, 5.41) is 0. The van der Waals surface area contributed by atoms with Crippen LogP contribution in [0, 0.1) is 0 Å². The van der Waals surface area contributed by atoms with E-state index in [9.17, 15) is 9.59 Å². The third kappa shape index (κ3) is 4.12. The van der Waals surface area contributed by atoms with Gasteiger partial charge in [0.25, 0.3) is 5.54 Å². The van der Waals surface area contributed by atoms with Gasteiger partial charge in [0.2, 0.25) is 0 Å². The Kier molecular flexibility index (Phi) is 6.54. The van der Waals surface area contributed by atoms with Crippen LogP contribution < -0.4 is 4.74 Å². The second kappa shape index (κ2) is 9.69. The molecule has 0 amide bonds. The van der Waals surface area contributed by atoms with Gasteiger partial charge >= 0.3 is 11.9 Å². The highest BCUT2D eigenvalue weighted by Crippen LogP contribution is 2.44. The highest BCUT2D eigenvalue weighted by atomic mass is 16.5. The molecule has 6 nitrogen and oxygen atoms in total. The molecule has 0 saturated heterocycles. The number of carbonyl (C=O) groups is 2. The van der Waals surface area contributed by atoms with Crippen molar-refractivity contribution < 1.29 is 23.8 Å². The first kappa shape index (κ1) is 22.3. The monoisotopic (exact) mass is 443 g/mol. The summed E-state index contributed by atoms with van der Waals surface area (Å²) in [7, 11) is 2.51. The third-order valence-electron chi connectivity index (χ3n) is 5.84. The number of hydrogen-bond donors (Lipinski definition) is 0. The zero-order valence-electron chi connectivity index (χ0n) is 18.6. The minimum atomic E-state index is -1.95. The standard InChI is InChI=1S/C27H25NO5/c1-31-25(29)27(26(30)32-2,22-17-18-33-23-16-10-9-15-21(22)23)28-24(19-11-5-3-6-12-19)20-13-7-4-8-14-20/h3-16,22H,17-18H2,1-2H3/t22-/m1/s1. The van der Waals surface area contributed by atoms with Crippen LogP contribution in [0.15, 0.2) is 89.9 Å². The van der Waals surface area contributed by atoms with Gasteiger partial charge in [-0.1, -0.05) is 78.9 Å². The maximum Gasteiger partial charge on any atom is 0.346 e. The van der Waals surface area contributed by atoms with Gasteiger partial charge in [-0.05, 0) is 12.5 Å². The molecular formula is C27H25NO5. The summed E-state index contributed by atoms with van der Waals surface area (Å²) in [5.74, 6) is -1.58. The number of carbonyl (C=O) groups excluding carboxylic acids is 2. The second-order valence-electron chi connectivity index (χ2n) is 7.67. The molecule has 0 N–H and O–H groups in total. The van der Waals surface area contributed by atoms with Crippen molar-refractivity contribution in [3.05, 3.63) is 102 Å². The minimum Gasteiger partial charge on any atom is -0.493 e. The predicted molar refractivity (Wildman–Crippen MR) is 125 cm³/mol. The number of rotatable bonds is 6. The van der Waals surface area contributed by atoms with E-state index in [0.29, 0.717) is 30.1 Å². The van der Waals surface area contributed by atoms with Gasteiger partial charge in [0.05, 0.1) is 26.5 Å². The first-order chi connectivity index (χ1) is 16.1. The van der Waals surface area contributed by atoms with Crippen molar-refractivity contribution in [3.63, 3.8) is 0 Å². The summed E-state index contributed by atoms with van der Waals surface area (Å²) in [6, 6.07) is 26.3. The van der Waals surface area contributed by atoms with Gasteiger partial charge in [0.15, 0.2) is 0 Å². The lowest BCUT2D eigenvalue weighted by Crippen LogP contribution is -2.53. The van der Waals surface area contributed by atoms with E-state index in [-0.39, 0.29) is 0 Å². The van der Waals surface area contributed by atoms with Crippen molar-refractivity contribution >= 4 is 17.7 Å². The maximum absolute atomic E-state index is 13.5. The number of benzene rings is 3. The summed E-state index contributed by atoms with van der Waals surface area (Å²) in [4.78, 5) is 31.9. The quantitative estimate of drug-likeness (QED) is 0.325. The highest BCUT2D eigenvalue weighted by molar-refractivity contribution is 6.17. The van der Waals surface area contributed by atoms with Crippen molar-refractivity contribution in [1.29, 1.82) is 0 Å². The molecule has 1 atom stereocenters. The van der Waals surface area contributed by atoms with Crippen LogP contribution in [0.25, 0.3) is 0 Å². The molecule has 4 rings (SSSR count). The number of aliphatic imine (C=N–C) groups is 1. The molecule has 0 bridgehead atoms. The van der Waals surface area contributed by atoms with E-state index in [2.05, 4.69) is 0 Å². The van der Waals surface area contributed by atoms with Crippen LogP contribution in [0.2, 0.25) is 0 Å². The molecule has 1 aliphatic heterocycles. The average molecular weight is 443 g/mol. The lowest BCUT2D eigenvalue weighted by Gasteiger charge is -2.36. The molecule has 3 aromatic rings. The van der Waals surface area contributed by atoms with Crippen LogP contribution in [0.3, 0.4) is 0 Å². The topological polar surface area (TPSA) is 74.2 Å². The average Bonchev–Trinajstić information content (AvgIpc) is 2.89. The van der Waals surface area contributed by atoms with Gasteiger partial charge in [-0.15, -0.1) is 0 Å². The molecule has 1 aliphatic rings. The van der Waals surface area contributed by atoms with E-state index in [1.807, 2.05) is 84.9 Å². The number of nitrogens with zero attached hydrogens (tertiary/aromatic N) is 1. The minimum absolute atomic E-state index is 0.332. The Morgan fingerprint density at radius 3 is 1.88 bits per heavy atom. The van der Waals surface area contributed by atoms with E-state index < -0.39 is 23.4 Å². The third-order valence-corrected chi connectivity index (χ3v) is 5.84. The Balaban J connectivity index is 2.03. The molecular weight excluding hydrogens is 418 g/mol. The Morgan fingerprint density at radius 1 is 0.818 bits per heavy atom. The Bertz CT molecular complexity index is 1100. The first-order valence-electron chi connectivity index (χ1n) is 10.7. The van der Waals surface area contributed by atoms with Crippen LogP contribution in [-0.2, 0) is 19.1 Å². The molecule has 0 spiro atoms. The molecule has 0 fully saturated rings. The van der Waals surface area contributed by atoms with Crippen LogP contribution in [0.4, 0.5) is 0 Å². The van der Waals surface area contributed by atoms with E-state index >= 15 is 0 Å². The Hall–Kier alpha value is -3.93. The summed E-state index contributed by atoms with van der Waals surface area (Å²) in [6.45, 7) is 0.332. The second-order valence-corrected chi connectivity index (χ2v) is 7.67. The van der Waals surface area contributed by atoms with Crippen LogP contribution in [0.1, 0.15) is 29.0 Å². The van der Waals surface area contributed by atoms with Crippen molar-refractivity contribution in [1.82, 2.24) is 0 Å². The van der Waals surface area contributed by atoms with Gasteiger partial charge < -0.3 is 14.2 Å². The van der Waals surface area contributed by atoms with Crippen molar-refractivity contribution in [3.8, 4) is 5.75 Å². The smallest absolute Gasteiger partial charge is 0.346 e. The molecule has 0 saturated carbocycles. The summed E-state index contributed by atoms with van der Waals surface area (Å²) in [5.41, 5.74) is 0.784. The number of para-hydroxylation sites is 1. The number of fused-ring (bicyclic) bond motifs is 1. The van der Waals surface area contributed by atoms with Crippen molar-refractivity contribution in [2.75, 3.05) is 20.8 Å². The first-order valence-corrected chi connectivity index (χ1v) is 10.7. The highest BCUT2D eigenvalue weighted by Gasteiger charge is 2.57. The van der Waals surface area contributed by atoms with E-state index in [1.165, 1.54) is 14.2 Å². The van der Waals surface area contributed by atoms with E-state index in [1.54, 1.807) is 0 Å². The SMILES string of the molecule is COC(=O)C(N=C(c1ccccc1)c1ccccc1)(C(=O)OC)[C@@H]1CCOc2ccccc21. The van der Waals surface area contributed by atoms with E-state index in [0.717, 1.165) is 11.1 Å². The summed E-state index contributed by atoms with van der Waals surface area (Å²) in [6.07, 6.45) is 0.390. The lowest BCUT2D eigenvalue weighted by atomic mass is 9.75. The molecule has 0 radical (unpaired) electrons. The van der Waals surface area contributed by atoms with Crippen LogP contribution in [0.5, 0.6) is 5.75 Å². The summed E-state index contributed by atoms with van der Waals surface area (Å²) >= 11 is 0. The lowest BCUT2D eigenvalue weighted by molar-refractivity contribution is -0.162. The molecule has 33 heavy (non-hydrogen) atoms. The fourth-order valence-corrected chi connectivity index (χ4v) is 4.29. The normalized spacial score (nSPS) is 14.9. The molecule has 1 heterocycles. The zero-order valence-corrected chi connectivity index (χ0v) is 18.6. The van der Waals surface area contributed by atoms with Gasteiger partial charge in [-0.25, -0.2) is 9.59 Å².